The number of amides is 1. The van der Waals surface area contributed by atoms with E-state index in [-0.39, 0.29) is 12.5 Å². The molecule has 0 radical (unpaired) electrons. The first-order valence-corrected chi connectivity index (χ1v) is 5.77. The standard InChI is InChI=1S/C12H14ClNO4/c1-14-8-4-7(13)9(17-3)5-10(8)18-11(6-16-2)12(14)15/h4-5,11H,6H2,1-3H3. The van der Waals surface area contributed by atoms with Crippen molar-refractivity contribution in [3.8, 4) is 11.5 Å². The zero-order valence-electron chi connectivity index (χ0n) is 10.4. The second-order valence-electron chi connectivity index (χ2n) is 3.91. The largest absolute Gasteiger partial charge is 0.495 e. The van der Waals surface area contributed by atoms with E-state index in [9.17, 15) is 4.79 Å². The number of nitrogens with zero attached hydrogens (tertiary/aromatic N) is 1. The van der Waals surface area contributed by atoms with Crippen LogP contribution in [0.4, 0.5) is 5.69 Å². The molecule has 0 aromatic heterocycles. The Morgan fingerprint density at radius 3 is 2.78 bits per heavy atom. The highest BCUT2D eigenvalue weighted by Crippen LogP contribution is 2.40. The average molecular weight is 272 g/mol. The molecule has 1 unspecified atom stereocenters. The van der Waals surface area contributed by atoms with Gasteiger partial charge in [-0.25, -0.2) is 0 Å². The van der Waals surface area contributed by atoms with Crippen molar-refractivity contribution in [3.05, 3.63) is 17.2 Å². The molecule has 18 heavy (non-hydrogen) atoms. The third kappa shape index (κ3) is 2.11. The van der Waals surface area contributed by atoms with Gasteiger partial charge in [0, 0.05) is 20.2 Å². The number of carbonyl (C=O) groups excluding carboxylic acids is 1. The molecule has 2 rings (SSSR count). The third-order valence-corrected chi connectivity index (χ3v) is 3.08. The van der Waals surface area contributed by atoms with E-state index in [0.717, 1.165) is 0 Å². The molecular formula is C12H14ClNO4. The first-order chi connectivity index (χ1) is 8.58. The number of ether oxygens (including phenoxy) is 3. The smallest absolute Gasteiger partial charge is 0.270 e. The number of hydrogen-bond donors (Lipinski definition) is 0. The Kier molecular flexibility index (Phi) is 3.63. The van der Waals surface area contributed by atoms with Gasteiger partial charge in [0.15, 0.2) is 0 Å². The first-order valence-electron chi connectivity index (χ1n) is 5.39. The van der Waals surface area contributed by atoms with Gasteiger partial charge in [0.2, 0.25) is 6.10 Å². The zero-order valence-corrected chi connectivity index (χ0v) is 11.2. The van der Waals surface area contributed by atoms with E-state index in [1.165, 1.54) is 19.1 Å². The van der Waals surface area contributed by atoms with Crippen LogP contribution in [0, 0.1) is 0 Å². The highest BCUT2D eigenvalue weighted by Gasteiger charge is 2.33. The summed E-state index contributed by atoms with van der Waals surface area (Å²) < 4.78 is 15.7. The summed E-state index contributed by atoms with van der Waals surface area (Å²) in [5.41, 5.74) is 0.623. The number of likely N-dealkylation sites (N-methyl/N-ethyl adjacent to an activating group) is 1. The Balaban J connectivity index is 2.42. The van der Waals surface area contributed by atoms with Gasteiger partial charge < -0.3 is 19.1 Å². The summed E-state index contributed by atoms with van der Waals surface area (Å²) in [7, 11) is 4.72. The van der Waals surface area contributed by atoms with E-state index in [4.69, 9.17) is 25.8 Å². The molecule has 0 saturated carbocycles. The molecule has 5 nitrogen and oxygen atoms in total. The van der Waals surface area contributed by atoms with Crippen LogP contribution < -0.4 is 14.4 Å². The Morgan fingerprint density at radius 1 is 1.44 bits per heavy atom. The molecule has 0 saturated heterocycles. The van der Waals surface area contributed by atoms with Crippen molar-refractivity contribution in [3.63, 3.8) is 0 Å². The Bertz CT molecular complexity index is 477. The molecule has 0 fully saturated rings. The molecule has 1 amide bonds. The van der Waals surface area contributed by atoms with Gasteiger partial charge in [-0.3, -0.25) is 4.79 Å². The predicted octanol–water partition coefficient (Wildman–Crippen LogP) is 1.72. The van der Waals surface area contributed by atoms with E-state index < -0.39 is 6.10 Å². The van der Waals surface area contributed by atoms with Crippen molar-refractivity contribution in [2.75, 3.05) is 32.8 Å². The summed E-state index contributed by atoms with van der Waals surface area (Å²) in [6, 6.07) is 3.32. The van der Waals surface area contributed by atoms with Gasteiger partial charge in [-0.1, -0.05) is 11.6 Å². The molecule has 6 heteroatoms. The van der Waals surface area contributed by atoms with Crippen molar-refractivity contribution in [2.24, 2.45) is 0 Å². The van der Waals surface area contributed by atoms with Crippen molar-refractivity contribution >= 4 is 23.2 Å². The average Bonchev–Trinajstić information content (AvgIpc) is 2.36. The molecule has 1 aliphatic rings. The number of fused-ring (bicyclic) bond motifs is 1. The fourth-order valence-corrected chi connectivity index (χ4v) is 2.07. The molecule has 0 bridgehead atoms. The van der Waals surface area contributed by atoms with Gasteiger partial charge in [-0.15, -0.1) is 0 Å². The fourth-order valence-electron chi connectivity index (χ4n) is 1.83. The van der Waals surface area contributed by atoms with E-state index in [1.54, 1.807) is 19.2 Å². The quantitative estimate of drug-likeness (QED) is 0.840. The predicted molar refractivity (Wildman–Crippen MR) is 67.7 cm³/mol. The van der Waals surface area contributed by atoms with Gasteiger partial charge in [-0.2, -0.15) is 0 Å². The number of anilines is 1. The van der Waals surface area contributed by atoms with E-state index >= 15 is 0 Å². The number of carbonyl (C=O) groups is 1. The van der Waals surface area contributed by atoms with Crippen molar-refractivity contribution in [2.45, 2.75) is 6.10 Å². The molecule has 1 atom stereocenters. The number of benzene rings is 1. The van der Waals surface area contributed by atoms with Crippen LogP contribution in [0.25, 0.3) is 0 Å². The van der Waals surface area contributed by atoms with E-state index in [0.29, 0.717) is 22.2 Å². The van der Waals surface area contributed by atoms with Crippen LogP contribution in [0.15, 0.2) is 12.1 Å². The van der Waals surface area contributed by atoms with Crippen LogP contribution >= 0.6 is 11.6 Å². The van der Waals surface area contributed by atoms with Crippen LogP contribution in [0.5, 0.6) is 11.5 Å². The van der Waals surface area contributed by atoms with Crippen LogP contribution in [0.1, 0.15) is 0 Å². The molecule has 0 spiro atoms. The molecule has 0 aliphatic carbocycles. The van der Waals surface area contributed by atoms with E-state index in [2.05, 4.69) is 0 Å². The molecule has 98 valence electrons. The molecule has 1 aromatic carbocycles. The maximum atomic E-state index is 12.0. The van der Waals surface area contributed by atoms with Crippen LogP contribution in [-0.2, 0) is 9.53 Å². The van der Waals surface area contributed by atoms with Gasteiger partial charge in [0.05, 0.1) is 24.4 Å². The van der Waals surface area contributed by atoms with Crippen molar-refractivity contribution in [1.29, 1.82) is 0 Å². The lowest BCUT2D eigenvalue weighted by molar-refractivity contribution is -0.128. The van der Waals surface area contributed by atoms with E-state index in [1.807, 2.05) is 0 Å². The summed E-state index contributed by atoms with van der Waals surface area (Å²) in [5.74, 6) is 0.903. The van der Waals surface area contributed by atoms with Gasteiger partial charge >= 0.3 is 0 Å². The lowest BCUT2D eigenvalue weighted by Crippen LogP contribution is -2.46. The minimum Gasteiger partial charge on any atom is -0.495 e. The van der Waals surface area contributed by atoms with Gasteiger partial charge in [0.1, 0.15) is 11.5 Å². The molecule has 1 aromatic rings. The van der Waals surface area contributed by atoms with Crippen LogP contribution in [0.3, 0.4) is 0 Å². The summed E-state index contributed by atoms with van der Waals surface area (Å²) in [6.45, 7) is 0.202. The van der Waals surface area contributed by atoms with Crippen molar-refractivity contribution < 1.29 is 19.0 Å². The highest BCUT2D eigenvalue weighted by atomic mass is 35.5. The number of halogens is 1. The lowest BCUT2D eigenvalue weighted by Gasteiger charge is -2.32. The topological polar surface area (TPSA) is 48.0 Å². The maximum Gasteiger partial charge on any atom is 0.270 e. The van der Waals surface area contributed by atoms with Crippen LogP contribution in [-0.4, -0.2) is 39.9 Å². The van der Waals surface area contributed by atoms with Crippen LogP contribution in [0.2, 0.25) is 5.02 Å². The zero-order chi connectivity index (χ0) is 13.3. The Hall–Kier alpha value is -1.46. The lowest BCUT2D eigenvalue weighted by atomic mass is 10.2. The number of rotatable bonds is 3. The number of hydrogen-bond acceptors (Lipinski definition) is 4. The molecular weight excluding hydrogens is 258 g/mol. The normalized spacial score (nSPS) is 18.3. The fraction of sp³-hybridized carbons (Fsp3) is 0.417. The van der Waals surface area contributed by atoms with Gasteiger partial charge in [0.25, 0.3) is 5.91 Å². The monoisotopic (exact) mass is 271 g/mol. The first kappa shape index (κ1) is 13.0. The molecule has 1 heterocycles. The van der Waals surface area contributed by atoms with Crippen molar-refractivity contribution in [1.82, 2.24) is 0 Å². The Morgan fingerprint density at radius 2 is 2.17 bits per heavy atom. The number of methoxy groups -OCH3 is 2. The third-order valence-electron chi connectivity index (χ3n) is 2.79. The molecule has 0 N–H and O–H groups in total. The summed E-state index contributed by atoms with van der Waals surface area (Å²) in [4.78, 5) is 13.5. The van der Waals surface area contributed by atoms with Gasteiger partial charge in [-0.05, 0) is 6.07 Å². The maximum absolute atomic E-state index is 12.0. The summed E-state index contributed by atoms with van der Waals surface area (Å²) in [6.07, 6.45) is -0.640. The summed E-state index contributed by atoms with van der Waals surface area (Å²) in [5, 5.41) is 0.435. The minimum absolute atomic E-state index is 0.161. The second kappa shape index (κ2) is 5.04. The summed E-state index contributed by atoms with van der Waals surface area (Å²) >= 11 is 6.03. The Labute approximate surface area is 110 Å². The second-order valence-corrected chi connectivity index (χ2v) is 4.32. The molecule has 1 aliphatic heterocycles. The SMILES string of the molecule is COCC1Oc2cc(OC)c(Cl)cc2N(C)C1=O. The highest BCUT2D eigenvalue weighted by molar-refractivity contribution is 6.32. The minimum atomic E-state index is -0.640.